The van der Waals surface area contributed by atoms with Gasteiger partial charge in [0, 0.05) is 0 Å². The summed E-state index contributed by atoms with van der Waals surface area (Å²) >= 11 is 0. The van der Waals surface area contributed by atoms with Crippen molar-refractivity contribution in [2.24, 2.45) is 5.41 Å². The maximum atomic E-state index is 13.3. The van der Waals surface area contributed by atoms with E-state index in [9.17, 15) is 14.3 Å². The van der Waals surface area contributed by atoms with Crippen molar-refractivity contribution in [2.75, 3.05) is 0 Å². The lowest BCUT2D eigenvalue weighted by Crippen LogP contribution is -2.35. The van der Waals surface area contributed by atoms with Gasteiger partial charge in [-0.05, 0) is 49.4 Å². The van der Waals surface area contributed by atoms with Crippen LogP contribution in [0.2, 0.25) is 0 Å². The number of aryl methyl sites for hydroxylation is 1. The Bertz CT molecular complexity index is 448. The van der Waals surface area contributed by atoms with Crippen LogP contribution >= 0.6 is 0 Å². The summed E-state index contributed by atoms with van der Waals surface area (Å²) in [7, 11) is 0. The van der Waals surface area contributed by atoms with Crippen LogP contribution < -0.4 is 0 Å². The first kappa shape index (κ1) is 13.1. The van der Waals surface area contributed by atoms with Crippen LogP contribution in [0.15, 0.2) is 18.2 Å². The van der Waals surface area contributed by atoms with Crippen molar-refractivity contribution in [3.8, 4) is 0 Å². The van der Waals surface area contributed by atoms with E-state index in [0.29, 0.717) is 19.3 Å². The molecular weight excluding hydrogens is 231 g/mol. The van der Waals surface area contributed by atoms with E-state index in [4.69, 9.17) is 0 Å². The van der Waals surface area contributed by atoms with Gasteiger partial charge < -0.3 is 5.11 Å². The zero-order chi connectivity index (χ0) is 13.2. The Hall–Kier alpha value is -1.38. The number of rotatable bonds is 3. The van der Waals surface area contributed by atoms with Crippen LogP contribution in [-0.4, -0.2) is 11.1 Å². The summed E-state index contributed by atoms with van der Waals surface area (Å²) in [6.07, 6.45) is 4.89. The largest absolute Gasteiger partial charge is 0.481 e. The monoisotopic (exact) mass is 250 g/mol. The van der Waals surface area contributed by atoms with Crippen molar-refractivity contribution in [1.82, 2.24) is 0 Å². The first-order valence-corrected chi connectivity index (χ1v) is 6.52. The second-order valence-electron chi connectivity index (χ2n) is 5.39. The molecule has 1 fully saturated rings. The highest BCUT2D eigenvalue weighted by Gasteiger charge is 2.39. The van der Waals surface area contributed by atoms with Gasteiger partial charge in [-0.25, -0.2) is 4.39 Å². The Morgan fingerprint density at radius 2 is 2.00 bits per heavy atom. The lowest BCUT2D eigenvalue weighted by Gasteiger charge is -2.33. The quantitative estimate of drug-likeness (QED) is 0.887. The average molecular weight is 250 g/mol. The fraction of sp³-hybridized carbons (Fsp3) is 0.533. The van der Waals surface area contributed by atoms with Crippen molar-refractivity contribution in [3.05, 3.63) is 35.1 Å². The summed E-state index contributed by atoms with van der Waals surface area (Å²) in [5.41, 5.74) is 1.12. The summed E-state index contributed by atoms with van der Waals surface area (Å²) in [5, 5.41) is 9.52. The molecule has 2 rings (SSSR count). The SMILES string of the molecule is Cc1ccc(F)cc1CC1(C(=O)O)CCCCC1. The molecule has 0 aliphatic heterocycles. The topological polar surface area (TPSA) is 37.3 Å². The van der Waals surface area contributed by atoms with E-state index in [-0.39, 0.29) is 5.82 Å². The molecule has 1 aromatic rings. The lowest BCUT2D eigenvalue weighted by atomic mass is 9.70. The van der Waals surface area contributed by atoms with Gasteiger partial charge in [0.2, 0.25) is 0 Å². The molecule has 1 aliphatic carbocycles. The molecule has 0 saturated heterocycles. The van der Waals surface area contributed by atoms with Crippen molar-refractivity contribution >= 4 is 5.97 Å². The number of hydrogen-bond acceptors (Lipinski definition) is 1. The zero-order valence-corrected chi connectivity index (χ0v) is 10.7. The maximum absolute atomic E-state index is 13.3. The molecule has 0 atom stereocenters. The van der Waals surface area contributed by atoms with Crippen molar-refractivity contribution in [3.63, 3.8) is 0 Å². The summed E-state index contributed by atoms with van der Waals surface area (Å²) < 4.78 is 13.3. The molecule has 18 heavy (non-hydrogen) atoms. The van der Waals surface area contributed by atoms with E-state index in [0.717, 1.165) is 30.4 Å². The molecule has 0 spiro atoms. The van der Waals surface area contributed by atoms with Crippen LogP contribution in [0, 0.1) is 18.2 Å². The Morgan fingerprint density at radius 3 is 2.61 bits per heavy atom. The molecule has 2 nitrogen and oxygen atoms in total. The van der Waals surface area contributed by atoms with Crippen LogP contribution in [0.5, 0.6) is 0 Å². The second kappa shape index (κ2) is 5.09. The molecular formula is C15H19FO2. The first-order valence-electron chi connectivity index (χ1n) is 6.52. The lowest BCUT2D eigenvalue weighted by molar-refractivity contribution is -0.151. The van der Waals surface area contributed by atoms with Crippen LogP contribution in [0.4, 0.5) is 4.39 Å². The average Bonchev–Trinajstić information content (AvgIpc) is 2.35. The van der Waals surface area contributed by atoms with Crippen LogP contribution in [0.1, 0.15) is 43.2 Å². The van der Waals surface area contributed by atoms with E-state index in [1.54, 1.807) is 6.07 Å². The number of hydrogen-bond donors (Lipinski definition) is 1. The third-order valence-corrected chi connectivity index (χ3v) is 4.10. The maximum Gasteiger partial charge on any atom is 0.309 e. The second-order valence-corrected chi connectivity index (χ2v) is 5.39. The minimum atomic E-state index is -0.731. The molecule has 0 amide bonds. The predicted molar refractivity (Wildman–Crippen MR) is 68.0 cm³/mol. The predicted octanol–water partition coefficient (Wildman–Crippen LogP) is 3.71. The van der Waals surface area contributed by atoms with E-state index in [1.165, 1.54) is 12.1 Å². The number of halogens is 1. The standard InChI is InChI=1S/C15H19FO2/c1-11-5-6-13(16)9-12(11)10-15(14(17)18)7-3-2-4-8-15/h5-6,9H,2-4,7-8,10H2,1H3,(H,17,18). The number of carbonyl (C=O) groups is 1. The highest BCUT2D eigenvalue weighted by atomic mass is 19.1. The van der Waals surface area contributed by atoms with Crippen molar-refractivity contribution < 1.29 is 14.3 Å². The molecule has 0 heterocycles. The molecule has 0 unspecified atom stereocenters. The normalized spacial score (nSPS) is 18.6. The van der Waals surface area contributed by atoms with E-state index in [1.807, 2.05) is 6.92 Å². The summed E-state index contributed by atoms with van der Waals surface area (Å²) in [6, 6.07) is 4.63. The van der Waals surface area contributed by atoms with Crippen molar-refractivity contribution in [2.45, 2.75) is 45.4 Å². The summed E-state index contributed by atoms with van der Waals surface area (Å²) in [6.45, 7) is 1.91. The molecule has 1 aromatic carbocycles. The third kappa shape index (κ3) is 2.55. The molecule has 0 aromatic heterocycles. The van der Waals surface area contributed by atoms with Crippen molar-refractivity contribution in [1.29, 1.82) is 0 Å². The van der Waals surface area contributed by atoms with Gasteiger partial charge in [0.25, 0.3) is 0 Å². The van der Waals surface area contributed by atoms with E-state index in [2.05, 4.69) is 0 Å². The molecule has 1 aliphatic rings. The Labute approximate surface area is 107 Å². The van der Waals surface area contributed by atoms with E-state index < -0.39 is 11.4 Å². The van der Waals surface area contributed by atoms with Gasteiger partial charge in [0.05, 0.1) is 5.41 Å². The van der Waals surface area contributed by atoms with Crippen LogP contribution in [-0.2, 0) is 11.2 Å². The van der Waals surface area contributed by atoms with Crippen LogP contribution in [0.25, 0.3) is 0 Å². The first-order chi connectivity index (χ1) is 8.53. The highest BCUT2D eigenvalue weighted by Crippen LogP contribution is 2.40. The van der Waals surface area contributed by atoms with Gasteiger partial charge in [-0.1, -0.05) is 25.3 Å². The van der Waals surface area contributed by atoms with E-state index >= 15 is 0 Å². The van der Waals surface area contributed by atoms with Gasteiger partial charge in [-0.3, -0.25) is 4.79 Å². The Kier molecular flexibility index (Phi) is 3.69. The fourth-order valence-corrected chi connectivity index (χ4v) is 2.89. The summed E-state index contributed by atoms with van der Waals surface area (Å²) in [5.74, 6) is -1.02. The Morgan fingerprint density at radius 1 is 1.33 bits per heavy atom. The van der Waals surface area contributed by atoms with Gasteiger partial charge in [-0.15, -0.1) is 0 Å². The number of carboxylic acids is 1. The molecule has 1 N–H and O–H groups in total. The minimum Gasteiger partial charge on any atom is -0.481 e. The zero-order valence-electron chi connectivity index (χ0n) is 10.7. The van der Waals surface area contributed by atoms with Crippen LogP contribution in [0.3, 0.4) is 0 Å². The minimum absolute atomic E-state index is 0.285. The fourth-order valence-electron chi connectivity index (χ4n) is 2.89. The summed E-state index contributed by atoms with van der Waals surface area (Å²) in [4.78, 5) is 11.6. The number of carboxylic acid groups (broad SMARTS) is 1. The Balaban J connectivity index is 2.28. The smallest absolute Gasteiger partial charge is 0.309 e. The molecule has 98 valence electrons. The van der Waals surface area contributed by atoms with Gasteiger partial charge >= 0.3 is 5.97 Å². The third-order valence-electron chi connectivity index (χ3n) is 4.10. The van der Waals surface area contributed by atoms with Gasteiger partial charge in [0.1, 0.15) is 5.82 Å². The molecule has 0 radical (unpaired) electrons. The molecule has 0 bridgehead atoms. The molecule has 1 saturated carbocycles. The highest BCUT2D eigenvalue weighted by molar-refractivity contribution is 5.75. The van der Waals surface area contributed by atoms with Gasteiger partial charge in [-0.2, -0.15) is 0 Å². The van der Waals surface area contributed by atoms with Gasteiger partial charge in [0.15, 0.2) is 0 Å². The number of aliphatic carboxylic acids is 1. The molecule has 3 heteroatoms. The number of benzene rings is 1.